The Morgan fingerprint density at radius 2 is 1.31 bits per heavy atom. The Kier molecular flexibility index (Phi) is 7.49. The predicted molar refractivity (Wildman–Crippen MR) is 109 cm³/mol. The van der Waals surface area contributed by atoms with E-state index in [4.69, 9.17) is 30.1 Å². The second-order valence-electron chi connectivity index (χ2n) is 8.32. The van der Waals surface area contributed by atoms with Crippen molar-refractivity contribution in [3.8, 4) is 11.5 Å². The van der Waals surface area contributed by atoms with Gasteiger partial charge in [-0.05, 0) is 53.7 Å². The number of methoxy groups -OCH3 is 2. The van der Waals surface area contributed by atoms with Crippen LogP contribution in [0.3, 0.4) is 0 Å². The summed E-state index contributed by atoms with van der Waals surface area (Å²) in [5.41, 5.74) is 4.71. The molecule has 0 unspecified atom stereocenters. The molecule has 9 heteroatoms. The molecule has 1 aromatic carbocycles. The number of carbonyl (C=O) groups is 2. The lowest BCUT2D eigenvalue weighted by Crippen LogP contribution is -2.43. The molecule has 0 aliphatic rings. The molecule has 0 aliphatic carbocycles. The van der Waals surface area contributed by atoms with Crippen LogP contribution in [0.5, 0.6) is 11.5 Å². The fourth-order valence-electron chi connectivity index (χ4n) is 2.29. The number of ether oxygens (including phenoxy) is 4. The molecule has 0 saturated heterocycles. The Morgan fingerprint density at radius 3 is 1.59 bits per heavy atom. The average molecular weight is 409 g/mol. The maximum atomic E-state index is 12.7. The summed E-state index contributed by atoms with van der Waals surface area (Å²) in [6.45, 7) is 9.94. The minimum Gasteiger partial charge on any atom is -0.496 e. The Balaban J connectivity index is 3.43. The van der Waals surface area contributed by atoms with Gasteiger partial charge in [-0.1, -0.05) is 0 Å². The summed E-state index contributed by atoms with van der Waals surface area (Å²) >= 11 is 0. The van der Waals surface area contributed by atoms with Crippen LogP contribution >= 0.6 is 0 Å². The molecule has 29 heavy (non-hydrogen) atoms. The van der Waals surface area contributed by atoms with Crippen LogP contribution in [0.25, 0.3) is 0 Å². The fraction of sp³-hybridized carbons (Fsp3) is 0.550. The summed E-state index contributed by atoms with van der Waals surface area (Å²) in [6.07, 6.45) is -1.74. The summed E-state index contributed by atoms with van der Waals surface area (Å²) in [4.78, 5) is 26.3. The van der Waals surface area contributed by atoms with E-state index in [1.165, 1.54) is 26.4 Å². The smallest absolute Gasteiger partial charge is 0.420 e. The average Bonchev–Trinajstić information content (AvgIpc) is 2.55. The highest BCUT2D eigenvalue weighted by Gasteiger charge is 2.33. The second kappa shape index (κ2) is 9.02. The molecule has 0 radical (unpaired) electrons. The van der Waals surface area contributed by atoms with E-state index >= 15 is 0 Å². The number of nitrogen functional groups attached to an aromatic ring is 1. The van der Waals surface area contributed by atoms with E-state index in [0.29, 0.717) is 22.6 Å². The van der Waals surface area contributed by atoms with Crippen LogP contribution < -0.4 is 15.2 Å². The van der Waals surface area contributed by atoms with Gasteiger partial charge in [0.15, 0.2) is 0 Å². The van der Waals surface area contributed by atoms with Crippen molar-refractivity contribution >= 4 is 18.0 Å². The molecular weight excluding hydrogens is 378 g/mol. The van der Waals surface area contributed by atoms with E-state index in [-0.39, 0.29) is 12.4 Å². The van der Waals surface area contributed by atoms with Crippen LogP contribution in [-0.4, -0.2) is 48.3 Å². The standard InChI is InChI=1S/C20H31N3O6/c1-19(2,3)28-17(24)23(18(25)29-20(4,5)6)11-13-14(26-7)9-12(16(21)22)10-15(13)27-8/h9-10H,11H2,1-8H3,(H3,21,22). The van der Waals surface area contributed by atoms with Crippen molar-refractivity contribution in [1.82, 2.24) is 4.90 Å². The number of amides is 2. The first-order valence-corrected chi connectivity index (χ1v) is 9.01. The highest BCUT2D eigenvalue weighted by molar-refractivity contribution is 5.96. The van der Waals surface area contributed by atoms with E-state index in [9.17, 15) is 9.59 Å². The molecule has 2 amide bonds. The van der Waals surface area contributed by atoms with Crippen LogP contribution in [0.15, 0.2) is 12.1 Å². The minimum absolute atomic E-state index is 0.177. The van der Waals surface area contributed by atoms with E-state index in [1.807, 2.05) is 0 Å². The van der Waals surface area contributed by atoms with Crippen LogP contribution in [0, 0.1) is 5.41 Å². The number of hydrogen-bond acceptors (Lipinski definition) is 7. The zero-order valence-electron chi connectivity index (χ0n) is 18.3. The topological polar surface area (TPSA) is 124 Å². The number of imide groups is 1. The predicted octanol–water partition coefficient (Wildman–Crippen LogP) is 3.66. The molecule has 0 aliphatic heterocycles. The summed E-state index contributed by atoms with van der Waals surface area (Å²) in [6, 6.07) is 3.06. The Hall–Kier alpha value is -2.97. The molecule has 162 valence electrons. The third-order valence-electron chi connectivity index (χ3n) is 3.46. The van der Waals surface area contributed by atoms with E-state index < -0.39 is 23.4 Å². The zero-order valence-corrected chi connectivity index (χ0v) is 18.3. The SMILES string of the molecule is COc1cc(C(=N)N)cc(OC)c1CN(C(=O)OC(C)(C)C)C(=O)OC(C)(C)C. The number of carbonyl (C=O) groups excluding carboxylic acids is 2. The minimum atomic E-state index is -0.869. The van der Waals surface area contributed by atoms with Crippen LogP contribution in [-0.2, 0) is 16.0 Å². The van der Waals surface area contributed by atoms with Gasteiger partial charge in [0, 0.05) is 5.56 Å². The van der Waals surface area contributed by atoms with Crippen molar-refractivity contribution in [3.05, 3.63) is 23.3 Å². The number of amidine groups is 1. The molecule has 1 aromatic rings. The third-order valence-corrected chi connectivity index (χ3v) is 3.46. The molecule has 0 saturated carbocycles. The molecule has 0 aromatic heterocycles. The summed E-state index contributed by atoms with van der Waals surface area (Å²) in [5, 5.41) is 7.63. The van der Waals surface area contributed by atoms with Crippen molar-refractivity contribution in [2.45, 2.75) is 59.3 Å². The summed E-state index contributed by atoms with van der Waals surface area (Å²) in [5.74, 6) is 0.419. The zero-order chi connectivity index (χ0) is 22.6. The summed E-state index contributed by atoms with van der Waals surface area (Å²) in [7, 11) is 2.85. The Morgan fingerprint density at radius 1 is 0.931 bits per heavy atom. The van der Waals surface area contributed by atoms with Crippen molar-refractivity contribution in [2.24, 2.45) is 5.73 Å². The molecule has 0 spiro atoms. The largest absolute Gasteiger partial charge is 0.496 e. The number of rotatable bonds is 5. The van der Waals surface area contributed by atoms with E-state index in [1.54, 1.807) is 41.5 Å². The second-order valence-corrected chi connectivity index (χ2v) is 8.32. The summed E-state index contributed by atoms with van der Waals surface area (Å²) < 4.78 is 21.5. The first-order chi connectivity index (χ1) is 13.2. The van der Waals surface area contributed by atoms with Gasteiger partial charge in [0.05, 0.1) is 26.3 Å². The van der Waals surface area contributed by atoms with Crippen LogP contribution in [0.1, 0.15) is 52.7 Å². The molecule has 0 atom stereocenters. The highest BCUT2D eigenvalue weighted by Crippen LogP contribution is 2.32. The van der Waals surface area contributed by atoms with Gasteiger partial charge < -0.3 is 24.7 Å². The molecular formula is C20H31N3O6. The fourth-order valence-corrected chi connectivity index (χ4v) is 2.29. The third kappa shape index (κ3) is 7.17. The normalized spacial score (nSPS) is 11.4. The first-order valence-electron chi connectivity index (χ1n) is 9.01. The maximum absolute atomic E-state index is 12.7. The number of nitrogens with zero attached hydrogens (tertiary/aromatic N) is 1. The number of nitrogens with two attached hydrogens (primary N) is 1. The molecule has 0 heterocycles. The molecule has 0 fully saturated rings. The Labute approximate surface area is 171 Å². The van der Waals surface area contributed by atoms with Gasteiger partial charge in [-0.2, -0.15) is 0 Å². The van der Waals surface area contributed by atoms with E-state index in [2.05, 4.69) is 0 Å². The van der Waals surface area contributed by atoms with Gasteiger partial charge in [-0.3, -0.25) is 5.41 Å². The molecule has 3 N–H and O–H groups in total. The van der Waals surface area contributed by atoms with Gasteiger partial charge in [-0.15, -0.1) is 0 Å². The monoisotopic (exact) mass is 409 g/mol. The lowest BCUT2D eigenvalue weighted by atomic mass is 10.1. The quantitative estimate of drug-likeness (QED) is 0.562. The van der Waals surface area contributed by atoms with Crippen molar-refractivity contribution in [2.75, 3.05) is 14.2 Å². The van der Waals surface area contributed by atoms with Crippen molar-refractivity contribution < 1.29 is 28.5 Å². The maximum Gasteiger partial charge on any atom is 0.420 e. The van der Waals surface area contributed by atoms with Crippen LogP contribution in [0.2, 0.25) is 0 Å². The number of hydrogen-bond donors (Lipinski definition) is 2. The van der Waals surface area contributed by atoms with Gasteiger partial charge in [-0.25, -0.2) is 14.5 Å². The lowest BCUT2D eigenvalue weighted by Gasteiger charge is -2.29. The first kappa shape index (κ1) is 24.1. The Bertz CT molecular complexity index is 724. The van der Waals surface area contributed by atoms with Gasteiger partial charge >= 0.3 is 12.2 Å². The van der Waals surface area contributed by atoms with Gasteiger partial charge in [0.25, 0.3) is 0 Å². The van der Waals surface area contributed by atoms with Crippen molar-refractivity contribution in [1.29, 1.82) is 5.41 Å². The van der Waals surface area contributed by atoms with Gasteiger partial charge in [0.1, 0.15) is 28.5 Å². The van der Waals surface area contributed by atoms with Crippen molar-refractivity contribution in [3.63, 3.8) is 0 Å². The number of benzene rings is 1. The lowest BCUT2D eigenvalue weighted by molar-refractivity contribution is -0.000420. The molecule has 1 rings (SSSR count). The van der Waals surface area contributed by atoms with Crippen LogP contribution in [0.4, 0.5) is 9.59 Å². The molecule has 0 bridgehead atoms. The molecule has 9 nitrogen and oxygen atoms in total. The van der Waals surface area contributed by atoms with Gasteiger partial charge in [0.2, 0.25) is 0 Å². The number of nitrogens with one attached hydrogen (secondary N) is 1. The highest BCUT2D eigenvalue weighted by atomic mass is 16.6. The van der Waals surface area contributed by atoms with E-state index in [0.717, 1.165) is 4.90 Å².